The molecule has 0 aliphatic carbocycles. The molecule has 3 rings (SSSR count). The number of carbonyl (C=O) groups excluding carboxylic acids is 1. The van der Waals surface area contributed by atoms with Gasteiger partial charge in [-0.05, 0) is 42.5 Å². The first-order valence-electron chi connectivity index (χ1n) is 7.46. The smallest absolute Gasteiger partial charge is 0.271 e. The number of hydrogen-bond donors (Lipinski definition) is 1. The molecule has 1 N–H and O–H groups in total. The molecule has 8 heteroatoms. The zero-order valence-electron chi connectivity index (χ0n) is 13.3. The fourth-order valence-corrected chi connectivity index (χ4v) is 2.30. The van der Waals surface area contributed by atoms with Crippen molar-refractivity contribution in [3.05, 3.63) is 87.1 Å². The zero-order chi connectivity index (χ0) is 18.5. The van der Waals surface area contributed by atoms with Gasteiger partial charge in [0.15, 0.2) is 0 Å². The molecule has 1 amide bonds. The highest BCUT2D eigenvalue weighted by atomic mass is 35.5. The van der Waals surface area contributed by atoms with E-state index in [1.54, 1.807) is 24.3 Å². The number of furan rings is 1. The lowest BCUT2D eigenvalue weighted by molar-refractivity contribution is -0.384. The molecule has 130 valence electrons. The number of nitro benzene ring substituents is 1. The molecular formula is C18H12ClN3O4. The first kappa shape index (κ1) is 17.4. The summed E-state index contributed by atoms with van der Waals surface area (Å²) < 4.78 is 5.61. The van der Waals surface area contributed by atoms with E-state index in [1.165, 1.54) is 30.5 Å². The van der Waals surface area contributed by atoms with E-state index in [4.69, 9.17) is 16.0 Å². The number of nitrogens with one attached hydrogen (secondary N) is 1. The lowest BCUT2D eigenvalue weighted by Crippen LogP contribution is -2.17. The molecule has 0 bridgehead atoms. The molecule has 2 aromatic carbocycles. The largest absolute Gasteiger partial charge is 0.455 e. The minimum absolute atomic E-state index is 0.137. The van der Waals surface area contributed by atoms with Crippen LogP contribution in [0.15, 0.2) is 70.2 Å². The van der Waals surface area contributed by atoms with Crippen LogP contribution in [-0.4, -0.2) is 17.0 Å². The van der Waals surface area contributed by atoms with Gasteiger partial charge in [-0.2, -0.15) is 5.10 Å². The second-order valence-corrected chi connectivity index (χ2v) is 5.65. The monoisotopic (exact) mass is 369 g/mol. The number of nitrogens with zero attached hydrogens (tertiary/aromatic N) is 2. The van der Waals surface area contributed by atoms with Gasteiger partial charge in [-0.15, -0.1) is 0 Å². The van der Waals surface area contributed by atoms with Crippen molar-refractivity contribution < 1.29 is 14.1 Å². The van der Waals surface area contributed by atoms with E-state index in [9.17, 15) is 14.9 Å². The third kappa shape index (κ3) is 4.14. The predicted molar refractivity (Wildman–Crippen MR) is 97.3 cm³/mol. The lowest BCUT2D eigenvalue weighted by atomic mass is 10.2. The minimum Gasteiger partial charge on any atom is -0.455 e. The maximum Gasteiger partial charge on any atom is 0.271 e. The predicted octanol–water partition coefficient (Wildman–Crippen LogP) is 4.27. The van der Waals surface area contributed by atoms with Crippen molar-refractivity contribution in [1.82, 2.24) is 5.43 Å². The van der Waals surface area contributed by atoms with E-state index in [2.05, 4.69) is 10.5 Å². The average molecular weight is 370 g/mol. The Bertz CT molecular complexity index is 980. The van der Waals surface area contributed by atoms with Crippen LogP contribution in [0.1, 0.15) is 16.1 Å². The van der Waals surface area contributed by atoms with E-state index in [0.29, 0.717) is 16.5 Å². The van der Waals surface area contributed by atoms with Crippen molar-refractivity contribution in [1.29, 1.82) is 0 Å². The number of benzene rings is 2. The van der Waals surface area contributed by atoms with Crippen LogP contribution in [0.3, 0.4) is 0 Å². The molecular weight excluding hydrogens is 358 g/mol. The molecule has 7 nitrogen and oxygen atoms in total. The summed E-state index contributed by atoms with van der Waals surface area (Å²) in [5.41, 5.74) is 3.13. The van der Waals surface area contributed by atoms with Crippen LogP contribution < -0.4 is 5.43 Å². The molecule has 0 aliphatic rings. The van der Waals surface area contributed by atoms with Crippen LogP contribution in [0.2, 0.25) is 5.02 Å². The highest BCUT2D eigenvalue weighted by Crippen LogP contribution is 2.23. The lowest BCUT2D eigenvalue weighted by Gasteiger charge is -1.99. The van der Waals surface area contributed by atoms with Crippen molar-refractivity contribution in [3.8, 4) is 11.3 Å². The molecule has 0 spiro atoms. The maximum atomic E-state index is 12.0. The van der Waals surface area contributed by atoms with Gasteiger partial charge in [0.05, 0.1) is 11.1 Å². The van der Waals surface area contributed by atoms with Gasteiger partial charge in [0.1, 0.15) is 11.5 Å². The van der Waals surface area contributed by atoms with E-state index < -0.39 is 10.8 Å². The number of nitro groups is 1. The van der Waals surface area contributed by atoms with E-state index in [-0.39, 0.29) is 11.3 Å². The molecule has 1 heterocycles. The Morgan fingerprint density at radius 3 is 2.65 bits per heavy atom. The van der Waals surface area contributed by atoms with Crippen LogP contribution in [0.25, 0.3) is 11.3 Å². The van der Waals surface area contributed by atoms with Crippen LogP contribution in [0.5, 0.6) is 0 Å². The summed E-state index contributed by atoms with van der Waals surface area (Å²) in [6.45, 7) is 0. The summed E-state index contributed by atoms with van der Waals surface area (Å²) in [5.74, 6) is 0.511. The van der Waals surface area contributed by atoms with E-state index >= 15 is 0 Å². The van der Waals surface area contributed by atoms with Crippen molar-refractivity contribution in [2.45, 2.75) is 0 Å². The summed E-state index contributed by atoms with van der Waals surface area (Å²) in [5, 5.41) is 15.2. The Balaban J connectivity index is 1.65. The van der Waals surface area contributed by atoms with Crippen LogP contribution >= 0.6 is 11.6 Å². The first-order valence-corrected chi connectivity index (χ1v) is 7.84. The number of amides is 1. The molecule has 0 fully saturated rings. The second kappa shape index (κ2) is 7.62. The minimum atomic E-state index is -0.568. The van der Waals surface area contributed by atoms with Crippen LogP contribution in [0.4, 0.5) is 5.69 Å². The molecule has 1 aromatic heterocycles. The van der Waals surface area contributed by atoms with Crippen LogP contribution in [0, 0.1) is 10.1 Å². The second-order valence-electron chi connectivity index (χ2n) is 5.22. The number of carbonyl (C=O) groups is 1. The Morgan fingerprint density at radius 1 is 1.15 bits per heavy atom. The number of rotatable bonds is 5. The Kier molecular flexibility index (Phi) is 5.09. The summed E-state index contributed by atoms with van der Waals surface area (Å²) >= 11 is 5.85. The van der Waals surface area contributed by atoms with Gasteiger partial charge in [0.2, 0.25) is 0 Å². The number of hydrogen-bond acceptors (Lipinski definition) is 5. The molecule has 0 unspecified atom stereocenters. The topological polar surface area (TPSA) is 97.7 Å². The van der Waals surface area contributed by atoms with E-state index in [1.807, 2.05) is 12.1 Å². The number of non-ortho nitro benzene ring substituents is 1. The van der Waals surface area contributed by atoms with Crippen molar-refractivity contribution in [2.24, 2.45) is 5.10 Å². The standard InChI is InChI=1S/C18H12ClN3O4/c19-14-6-4-12(5-7-14)17-9-8-16(26-17)11-20-21-18(23)13-2-1-3-15(10-13)22(24)25/h1-11H,(H,21,23)/b20-11-. The summed E-state index contributed by atoms with van der Waals surface area (Å²) in [4.78, 5) is 22.1. The molecule has 3 aromatic rings. The van der Waals surface area contributed by atoms with Crippen LogP contribution in [-0.2, 0) is 0 Å². The van der Waals surface area contributed by atoms with Gasteiger partial charge in [-0.1, -0.05) is 17.7 Å². The van der Waals surface area contributed by atoms with Gasteiger partial charge < -0.3 is 4.42 Å². The molecule has 0 atom stereocenters. The molecule has 0 aliphatic heterocycles. The number of halogens is 1. The van der Waals surface area contributed by atoms with Gasteiger partial charge in [0.25, 0.3) is 11.6 Å². The maximum absolute atomic E-state index is 12.0. The first-order chi connectivity index (χ1) is 12.5. The normalized spacial score (nSPS) is 10.8. The Hall–Kier alpha value is -3.45. The third-order valence-electron chi connectivity index (χ3n) is 3.43. The summed E-state index contributed by atoms with van der Waals surface area (Å²) in [6, 6.07) is 16.0. The fourth-order valence-electron chi connectivity index (χ4n) is 2.17. The summed E-state index contributed by atoms with van der Waals surface area (Å²) in [6.07, 6.45) is 1.34. The number of hydrazone groups is 1. The third-order valence-corrected chi connectivity index (χ3v) is 3.68. The fraction of sp³-hybridized carbons (Fsp3) is 0. The highest BCUT2D eigenvalue weighted by molar-refractivity contribution is 6.30. The van der Waals surface area contributed by atoms with E-state index in [0.717, 1.165) is 5.56 Å². The SMILES string of the molecule is O=C(N/N=C\c1ccc(-c2ccc(Cl)cc2)o1)c1cccc([N+](=O)[O-])c1. The molecule has 0 saturated heterocycles. The van der Waals surface area contributed by atoms with Crippen molar-refractivity contribution in [2.75, 3.05) is 0 Å². The molecule has 0 radical (unpaired) electrons. The van der Waals surface area contributed by atoms with Gasteiger partial charge in [0, 0.05) is 28.3 Å². The quantitative estimate of drug-likeness (QED) is 0.412. The molecule has 0 saturated carbocycles. The van der Waals surface area contributed by atoms with Gasteiger partial charge in [-0.25, -0.2) is 5.43 Å². The van der Waals surface area contributed by atoms with Gasteiger partial charge in [-0.3, -0.25) is 14.9 Å². The Morgan fingerprint density at radius 2 is 1.92 bits per heavy atom. The zero-order valence-corrected chi connectivity index (χ0v) is 14.0. The molecule has 26 heavy (non-hydrogen) atoms. The Labute approximate surface area is 153 Å². The van der Waals surface area contributed by atoms with Gasteiger partial charge >= 0.3 is 0 Å². The highest BCUT2D eigenvalue weighted by Gasteiger charge is 2.10. The van der Waals surface area contributed by atoms with Crippen molar-refractivity contribution >= 4 is 29.4 Å². The van der Waals surface area contributed by atoms with Crippen molar-refractivity contribution in [3.63, 3.8) is 0 Å². The average Bonchev–Trinajstić information content (AvgIpc) is 3.11. The summed E-state index contributed by atoms with van der Waals surface area (Å²) in [7, 11) is 0.